The highest BCUT2D eigenvalue weighted by Gasteiger charge is 2.44. The normalized spacial score (nSPS) is 31.0. The number of phenols is 1. The number of hydrogen-bond donors (Lipinski definition) is 5. The number of hydrogen-bond acceptors (Lipinski definition) is 9. The minimum atomic E-state index is -1.53. The number of aromatic hydroxyl groups is 1. The van der Waals surface area contributed by atoms with E-state index in [2.05, 4.69) is 0 Å². The van der Waals surface area contributed by atoms with E-state index in [0.29, 0.717) is 22.6 Å². The van der Waals surface area contributed by atoms with Crippen LogP contribution in [0.25, 0.3) is 0 Å². The molecule has 2 aliphatic rings. The molecule has 1 fully saturated rings. The van der Waals surface area contributed by atoms with Crippen molar-refractivity contribution < 1.29 is 44.5 Å². The van der Waals surface area contributed by atoms with Crippen LogP contribution in [0.4, 0.5) is 0 Å². The Kier molecular flexibility index (Phi) is 5.63. The fraction of sp³-hybridized carbons (Fsp3) is 0.381. The summed E-state index contributed by atoms with van der Waals surface area (Å²) < 4.78 is 16.7. The number of carbonyl (C=O) groups excluding carboxylic acids is 1. The van der Waals surface area contributed by atoms with Crippen LogP contribution in [0.5, 0.6) is 17.2 Å². The molecular formula is C21H22O9. The lowest BCUT2D eigenvalue weighted by Gasteiger charge is -2.39. The number of aliphatic hydroxyl groups excluding tert-OH is 4. The Labute approximate surface area is 171 Å². The summed E-state index contributed by atoms with van der Waals surface area (Å²) in [5.74, 6) is 0.537. The number of Topliss-reactive ketones (excluding diaryl/α,β-unsaturated/α-hetero) is 1. The fourth-order valence-electron chi connectivity index (χ4n) is 3.56. The van der Waals surface area contributed by atoms with Crippen LogP contribution in [-0.4, -0.2) is 68.6 Å². The van der Waals surface area contributed by atoms with Crippen LogP contribution in [-0.2, 0) is 4.74 Å². The Morgan fingerprint density at radius 3 is 2.43 bits per heavy atom. The molecule has 2 aromatic carbocycles. The van der Waals surface area contributed by atoms with Crippen molar-refractivity contribution in [2.45, 2.75) is 43.2 Å². The molecule has 0 bridgehead atoms. The van der Waals surface area contributed by atoms with Gasteiger partial charge in [0.25, 0.3) is 0 Å². The highest BCUT2D eigenvalue weighted by Crippen LogP contribution is 2.37. The predicted octanol–water partition coefficient (Wildman–Crippen LogP) is 0.277. The number of phenolic OH excluding ortho intramolecular Hbond substituents is 1. The molecule has 5 N–H and O–H groups in total. The van der Waals surface area contributed by atoms with Gasteiger partial charge in [0.15, 0.2) is 5.78 Å². The molecule has 0 unspecified atom stereocenters. The van der Waals surface area contributed by atoms with Crippen LogP contribution in [0.2, 0.25) is 0 Å². The molecular weight excluding hydrogens is 396 g/mol. The van der Waals surface area contributed by atoms with E-state index >= 15 is 0 Å². The lowest BCUT2D eigenvalue weighted by Crippen LogP contribution is -2.60. The maximum absolute atomic E-state index is 12.4. The van der Waals surface area contributed by atoms with Crippen molar-refractivity contribution >= 4 is 5.78 Å². The van der Waals surface area contributed by atoms with E-state index in [9.17, 15) is 30.3 Å². The van der Waals surface area contributed by atoms with Crippen molar-refractivity contribution in [1.29, 1.82) is 0 Å². The number of carbonyl (C=O) groups is 1. The van der Waals surface area contributed by atoms with Gasteiger partial charge in [-0.1, -0.05) is 12.1 Å². The number of benzene rings is 2. The Morgan fingerprint density at radius 2 is 1.73 bits per heavy atom. The van der Waals surface area contributed by atoms with Gasteiger partial charge < -0.3 is 39.7 Å². The van der Waals surface area contributed by atoms with Crippen LogP contribution in [0.3, 0.4) is 0 Å². The molecule has 2 aromatic rings. The summed E-state index contributed by atoms with van der Waals surface area (Å²) >= 11 is 0. The molecule has 0 aromatic heterocycles. The van der Waals surface area contributed by atoms with Gasteiger partial charge in [0.2, 0.25) is 6.29 Å². The van der Waals surface area contributed by atoms with Gasteiger partial charge >= 0.3 is 0 Å². The second kappa shape index (κ2) is 8.21. The molecule has 4 rings (SSSR count). The van der Waals surface area contributed by atoms with Crippen LogP contribution >= 0.6 is 0 Å². The second-order valence-corrected chi connectivity index (χ2v) is 7.30. The summed E-state index contributed by atoms with van der Waals surface area (Å²) in [6.07, 6.45) is -7.24. The van der Waals surface area contributed by atoms with E-state index in [0.717, 1.165) is 0 Å². The molecule has 0 radical (unpaired) electrons. The molecule has 1 saturated heterocycles. The molecule has 0 amide bonds. The third-order valence-electron chi connectivity index (χ3n) is 5.26. The maximum Gasteiger partial charge on any atom is 0.229 e. The van der Waals surface area contributed by atoms with Gasteiger partial charge in [0.05, 0.1) is 18.6 Å². The Bertz CT molecular complexity index is 911. The van der Waals surface area contributed by atoms with Gasteiger partial charge in [-0.3, -0.25) is 4.79 Å². The van der Waals surface area contributed by atoms with E-state index in [1.807, 2.05) is 0 Å². The van der Waals surface area contributed by atoms with E-state index in [4.69, 9.17) is 14.2 Å². The molecule has 2 heterocycles. The lowest BCUT2D eigenvalue weighted by molar-refractivity contribution is -0.277. The molecule has 9 nitrogen and oxygen atoms in total. The second-order valence-electron chi connectivity index (χ2n) is 7.30. The van der Waals surface area contributed by atoms with Gasteiger partial charge in [-0.15, -0.1) is 0 Å². The van der Waals surface area contributed by atoms with E-state index < -0.39 is 43.4 Å². The number of ether oxygens (including phenoxy) is 3. The van der Waals surface area contributed by atoms with Gasteiger partial charge in [0.1, 0.15) is 47.8 Å². The van der Waals surface area contributed by atoms with Crippen molar-refractivity contribution in [3.63, 3.8) is 0 Å². The van der Waals surface area contributed by atoms with Crippen molar-refractivity contribution in [1.82, 2.24) is 0 Å². The van der Waals surface area contributed by atoms with Gasteiger partial charge in [0, 0.05) is 6.07 Å². The van der Waals surface area contributed by atoms with E-state index in [1.54, 1.807) is 24.3 Å². The first kappa shape index (κ1) is 20.6. The number of fused-ring (bicyclic) bond motifs is 1. The summed E-state index contributed by atoms with van der Waals surface area (Å²) in [7, 11) is 0. The quantitative estimate of drug-likeness (QED) is 0.472. The monoisotopic (exact) mass is 418 g/mol. The highest BCUT2D eigenvalue weighted by atomic mass is 16.7. The minimum Gasteiger partial charge on any atom is -0.508 e. The van der Waals surface area contributed by atoms with Crippen molar-refractivity contribution in [2.24, 2.45) is 0 Å². The molecule has 160 valence electrons. The number of ketones is 1. The predicted molar refractivity (Wildman–Crippen MR) is 101 cm³/mol. The first-order valence-electron chi connectivity index (χ1n) is 9.47. The Hall–Kier alpha value is -2.69. The van der Waals surface area contributed by atoms with Crippen LogP contribution < -0.4 is 9.47 Å². The average Bonchev–Trinajstić information content (AvgIpc) is 2.74. The summed E-state index contributed by atoms with van der Waals surface area (Å²) in [5.41, 5.74) is 1.13. The van der Waals surface area contributed by atoms with Crippen LogP contribution in [0.1, 0.15) is 28.4 Å². The third kappa shape index (κ3) is 3.85. The zero-order valence-corrected chi connectivity index (χ0v) is 15.8. The highest BCUT2D eigenvalue weighted by molar-refractivity contribution is 6.00. The topological polar surface area (TPSA) is 146 Å². The first-order chi connectivity index (χ1) is 14.4. The SMILES string of the molecule is O=C1C[C@H](c2ccc(O[C@@H]3O[C@H](CO)[C@H](O)[C@H](O)[C@@H]3O)cc2)Oc2cc(O)ccc21. The zero-order chi connectivity index (χ0) is 21.4. The smallest absolute Gasteiger partial charge is 0.229 e. The Balaban J connectivity index is 1.46. The molecule has 30 heavy (non-hydrogen) atoms. The third-order valence-corrected chi connectivity index (χ3v) is 5.26. The summed E-state index contributed by atoms with van der Waals surface area (Å²) in [5, 5.41) is 48.6. The molecule has 2 aliphatic heterocycles. The van der Waals surface area contributed by atoms with Crippen LogP contribution in [0.15, 0.2) is 42.5 Å². The zero-order valence-electron chi connectivity index (χ0n) is 15.8. The van der Waals surface area contributed by atoms with Crippen molar-refractivity contribution in [3.05, 3.63) is 53.6 Å². The number of rotatable bonds is 4. The van der Waals surface area contributed by atoms with E-state index in [1.165, 1.54) is 18.2 Å². The standard InChI is InChI=1S/C21H22O9/c22-9-17-18(25)19(26)20(27)21(30-17)28-12-4-1-10(2-5-12)15-8-14(24)13-6-3-11(23)7-16(13)29-15/h1-7,15,17-23,25-27H,8-9H2/t15-,17-,18+,19+,20+,21-/m1/s1. The van der Waals surface area contributed by atoms with Gasteiger partial charge in [-0.2, -0.15) is 0 Å². The van der Waals surface area contributed by atoms with Gasteiger partial charge in [-0.05, 0) is 29.8 Å². The minimum absolute atomic E-state index is 0.00507. The molecule has 0 aliphatic carbocycles. The Morgan fingerprint density at radius 1 is 1.00 bits per heavy atom. The lowest BCUT2D eigenvalue weighted by atomic mass is 9.96. The first-order valence-corrected chi connectivity index (χ1v) is 9.47. The van der Waals surface area contributed by atoms with Gasteiger partial charge in [-0.25, -0.2) is 0 Å². The molecule has 9 heteroatoms. The maximum atomic E-state index is 12.4. The molecule has 0 saturated carbocycles. The summed E-state index contributed by atoms with van der Waals surface area (Å²) in [6.45, 7) is -0.548. The average molecular weight is 418 g/mol. The molecule has 0 spiro atoms. The summed E-state index contributed by atoms with van der Waals surface area (Å²) in [4.78, 5) is 12.4. The summed E-state index contributed by atoms with van der Waals surface area (Å²) in [6, 6.07) is 10.9. The fourth-order valence-corrected chi connectivity index (χ4v) is 3.56. The van der Waals surface area contributed by atoms with E-state index in [-0.39, 0.29) is 18.0 Å². The van der Waals surface area contributed by atoms with Crippen molar-refractivity contribution in [3.8, 4) is 17.2 Å². The largest absolute Gasteiger partial charge is 0.508 e. The van der Waals surface area contributed by atoms with Crippen LogP contribution in [0, 0.1) is 0 Å². The van der Waals surface area contributed by atoms with Crippen molar-refractivity contribution in [2.75, 3.05) is 6.61 Å². The number of aliphatic hydroxyl groups is 4. The molecule has 6 atom stereocenters.